The molecule has 0 saturated carbocycles. The largest absolute Gasteiger partial charge is 0.457 e. The van der Waals surface area contributed by atoms with Crippen molar-refractivity contribution in [2.24, 2.45) is 0 Å². The summed E-state index contributed by atoms with van der Waals surface area (Å²) >= 11 is 3.27. The third-order valence-electron chi connectivity index (χ3n) is 2.60. The molecule has 6 heteroatoms. The maximum absolute atomic E-state index is 12.6. The van der Waals surface area contributed by atoms with E-state index in [1.807, 2.05) is 0 Å². The van der Waals surface area contributed by atoms with E-state index < -0.39 is 18.3 Å². The first-order valence-electron chi connectivity index (χ1n) is 5.64. The van der Waals surface area contributed by atoms with Crippen LogP contribution in [0.15, 0.2) is 46.9 Å². The van der Waals surface area contributed by atoms with Crippen molar-refractivity contribution in [1.82, 2.24) is 0 Å². The minimum atomic E-state index is -4.44. The second kappa shape index (κ2) is 5.85. The molecule has 0 aromatic heterocycles. The Balaban J connectivity index is 2.30. The van der Waals surface area contributed by atoms with E-state index in [0.29, 0.717) is 5.75 Å². The topological polar surface area (TPSA) is 29.5 Å². The van der Waals surface area contributed by atoms with Gasteiger partial charge < -0.3 is 9.84 Å². The van der Waals surface area contributed by atoms with Gasteiger partial charge in [-0.05, 0) is 42.5 Å². The zero-order chi connectivity index (χ0) is 14.8. The van der Waals surface area contributed by atoms with Crippen LogP contribution in [0.4, 0.5) is 13.2 Å². The van der Waals surface area contributed by atoms with E-state index in [2.05, 4.69) is 15.9 Å². The molecule has 2 rings (SSSR count). The van der Waals surface area contributed by atoms with Crippen LogP contribution in [0.2, 0.25) is 0 Å². The molecule has 0 aliphatic carbocycles. The number of ether oxygens (including phenoxy) is 1. The third kappa shape index (κ3) is 3.52. The maximum atomic E-state index is 12.6. The minimum Gasteiger partial charge on any atom is -0.457 e. The highest BCUT2D eigenvalue weighted by molar-refractivity contribution is 9.10. The Morgan fingerprint density at radius 1 is 1.05 bits per heavy atom. The van der Waals surface area contributed by atoms with Crippen LogP contribution in [0.5, 0.6) is 11.5 Å². The first-order valence-corrected chi connectivity index (χ1v) is 6.44. The molecule has 2 aromatic rings. The van der Waals surface area contributed by atoms with E-state index in [4.69, 9.17) is 4.74 Å². The molecule has 0 amide bonds. The summed E-state index contributed by atoms with van der Waals surface area (Å²) in [5, 5.41) is 9.18. The van der Waals surface area contributed by atoms with Crippen molar-refractivity contribution < 1.29 is 23.0 Å². The summed E-state index contributed by atoms with van der Waals surface area (Å²) in [5.41, 5.74) is -0.729. The Morgan fingerprint density at radius 2 is 1.70 bits per heavy atom. The molecule has 0 saturated heterocycles. The van der Waals surface area contributed by atoms with Crippen molar-refractivity contribution in [3.8, 4) is 11.5 Å². The average molecular weight is 347 g/mol. The predicted molar refractivity (Wildman–Crippen MR) is 71.6 cm³/mol. The van der Waals surface area contributed by atoms with Crippen molar-refractivity contribution >= 4 is 15.9 Å². The lowest BCUT2D eigenvalue weighted by Crippen LogP contribution is -2.06. The number of aliphatic hydroxyl groups excluding tert-OH is 1. The first kappa shape index (κ1) is 14.9. The van der Waals surface area contributed by atoms with Crippen LogP contribution >= 0.6 is 15.9 Å². The van der Waals surface area contributed by atoms with Crippen LogP contribution in [0.25, 0.3) is 0 Å². The van der Waals surface area contributed by atoms with Gasteiger partial charge in [0.05, 0.1) is 12.2 Å². The maximum Gasteiger partial charge on any atom is 0.416 e. The zero-order valence-electron chi connectivity index (χ0n) is 10.1. The zero-order valence-corrected chi connectivity index (χ0v) is 11.7. The lowest BCUT2D eigenvalue weighted by atomic mass is 10.1. The van der Waals surface area contributed by atoms with Crippen LogP contribution in [-0.4, -0.2) is 5.11 Å². The highest BCUT2D eigenvalue weighted by Crippen LogP contribution is 2.34. The van der Waals surface area contributed by atoms with Gasteiger partial charge in [-0.3, -0.25) is 0 Å². The summed E-state index contributed by atoms with van der Waals surface area (Å²) in [6.45, 7) is -0.532. The molecule has 0 heterocycles. The van der Waals surface area contributed by atoms with Gasteiger partial charge in [0.25, 0.3) is 0 Å². The number of hydrogen-bond acceptors (Lipinski definition) is 2. The van der Waals surface area contributed by atoms with Gasteiger partial charge in [0.1, 0.15) is 11.5 Å². The molecule has 0 bridgehead atoms. The minimum absolute atomic E-state index is 0.0859. The monoisotopic (exact) mass is 346 g/mol. The molecule has 0 atom stereocenters. The standard InChI is InChI=1S/C14H10BrF3O2/c15-11-2-4-12(5-3-11)20-13-6-1-10(14(16,17)18)7-9(13)8-19/h1-7,19H,8H2. The van der Waals surface area contributed by atoms with Crippen LogP contribution in [-0.2, 0) is 12.8 Å². The average Bonchev–Trinajstić information content (AvgIpc) is 2.40. The number of rotatable bonds is 3. The summed E-state index contributed by atoms with van der Waals surface area (Å²) < 4.78 is 44.1. The smallest absolute Gasteiger partial charge is 0.416 e. The lowest BCUT2D eigenvalue weighted by Gasteiger charge is -2.13. The van der Waals surface area contributed by atoms with E-state index in [-0.39, 0.29) is 11.3 Å². The Hall–Kier alpha value is -1.53. The quantitative estimate of drug-likeness (QED) is 0.868. The van der Waals surface area contributed by atoms with Gasteiger partial charge in [0, 0.05) is 10.0 Å². The van der Waals surface area contributed by atoms with Gasteiger partial charge in [0.2, 0.25) is 0 Å². The summed E-state index contributed by atoms with van der Waals surface area (Å²) in [6, 6.07) is 9.85. The van der Waals surface area contributed by atoms with Gasteiger partial charge in [-0.15, -0.1) is 0 Å². The van der Waals surface area contributed by atoms with Gasteiger partial charge in [-0.2, -0.15) is 13.2 Å². The molecule has 1 N–H and O–H groups in total. The van der Waals surface area contributed by atoms with E-state index in [0.717, 1.165) is 16.6 Å². The molecule has 2 nitrogen and oxygen atoms in total. The highest BCUT2D eigenvalue weighted by Gasteiger charge is 2.31. The second-order valence-electron chi connectivity index (χ2n) is 4.03. The Kier molecular flexibility index (Phi) is 4.35. The van der Waals surface area contributed by atoms with Crippen molar-refractivity contribution in [3.05, 3.63) is 58.1 Å². The fraction of sp³-hybridized carbons (Fsp3) is 0.143. The van der Waals surface area contributed by atoms with Crippen molar-refractivity contribution in [2.45, 2.75) is 12.8 Å². The fourth-order valence-electron chi connectivity index (χ4n) is 1.61. The molecule has 0 fully saturated rings. The summed E-state index contributed by atoms with van der Waals surface area (Å²) in [6.07, 6.45) is -4.44. The van der Waals surface area contributed by atoms with Crippen molar-refractivity contribution in [1.29, 1.82) is 0 Å². The van der Waals surface area contributed by atoms with E-state index >= 15 is 0 Å². The summed E-state index contributed by atoms with van der Waals surface area (Å²) in [5.74, 6) is 0.672. The summed E-state index contributed by atoms with van der Waals surface area (Å²) in [7, 11) is 0. The normalized spacial score (nSPS) is 11.4. The molecule has 0 radical (unpaired) electrons. The molecule has 0 aliphatic rings. The van der Waals surface area contributed by atoms with Crippen molar-refractivity contribution in [2.75, 3.05) is 0 Å². The predicted octanol–water partition coefficient (Wildman–Crippen LogP) is 4.75. The highest BCUT2D eigenvalue weighted by atomic mass is 79.9. The number of hydrogen-bond donors (Lipinski definition) is 1. The van der Waals surface area contributed by atoms with E-state index in [1.165, 1.54) is 6.07 Å². The van der Waals surface area contributed by atoms with Gasteiger partial charge in [0.15, 0.2) is 0 Å². The Labute approximate surface area is 121 Å². The molecule has 0 spiro atoms. The van der Waals surface area contributed by atoms with Gasteiger partial charge in [-0.25, -0.2) is 0 Å². The second-order valence-corrected chi connectivity index (χ2v) is 4.95. The molecule has 0 unspecified atom stereocenters. The van der Waals surface area contributed by atoms with Gasteiger partial charge >= 0.3 is 6.18 Å². The molecular weight excluding hydrogens is 337 g/mol. The van der Waals surface area contributed by atoms with Crippen LogP contribution in [0.3, 0.4) is 0 Å². The first-order chi connectivity index (χ1) is 9.40. The van der Waals surface area contributed by atoms with E-state index in [9.17, 15) is 18.3 Å². The molecule has 20 heavy (non-hydrogen) atoms. The SMILES string of the molecule is OCc1cc(C(F)(F)F)ccc1Oc1ccc(Br)cc1. The fourth-order valence-corrected chi connectivity index (χ4v) is 1.87. The third-order valence-corrected chi connectivity index (χ3v) is 3.13. The number of aliphatic hydroxyl groups is 1. The molecule has 0 aliphatic heterocycles. The number of benzene rings is 2. The Morgan fingerprint density at radius 3 is 2.25 bits per heavy atom. The van der Waals surface area contributed by atoms with Crippen LogP contribution in [0.1, 0.15) is 11.1 Å². The molecule has 106 valence electrons. The molecular formula is C14H10BrF3O2. The van der Waals surface area contributed by atoms with Crippen LogP contribution in [0, 0.1) is 0 Å². The van der Waals surface area contributed by atoms with E-state index in [1.54, 1.807) is 24.3 Å². The lowest BCUT2D eigenvalue weighted by molar-refractivity contribution is -0.137. The number of alkyl halides is 3. The van der Waals surface area contributed by atoms with Crippen molar-refractivity contribution in [3.63, 3.8) is 0 Å². The Bertz CT molecular complexity index is 594. The van der Waals surface area contributed by atoms with Crippen LogP contribution < -0.4 is 4.74 Å². The van der Waals surface area contributed by atoms with Gasteiger partial charge in [-0.1, -0.05) is 15.9 Å². The number of halogens is 4. The molecule has 2 aromatic carbocycles. The summed E-state index contributed by atoms with van der Waals surface area (Å²) in [4.78, 5) is 0.